The fourth-order valence-corrected chi connectivity index (χ4v) is 6.72. The number of hydrogen-bond acceptors (Lipinski definition) is 6. The second kappa shape index (κ2) is 11.2. The lowest BCUT2D eigenvalue weighted by Gasteiger charge is -2.37. The molecule has 1 unspecified atom stereocenters. The molecule has 5 rings (SSSR count). The van der Waals surface area contributed by atoms with E-state index in [1.165, 1.54) is 0 Å². The normalized spacial score (nSPS) is 23.7. The number of rotatable bonds is 6. The average Bonchev–Trinajstić information content (AvgIpc) is 3.41. The van der Waals surface area contributed by atoms with Gasteiger partial charge in [0.1, 0.15) is 12.0 Å². The molecule has 200 valence electrons. The maximum atomic E-state index is 13.9. The summed E-state index contributed by atoms with van der Waals surface area (Å²) >= 11 is 9.79. The SMILES string of the molecule is COc1cc(Br)c([C@@H]2C3=C(C[C@@H](c4ccc(Cl)cc4)CC3=O)N=C(C)C2C(=O)OC2CCCC2)cc1OC. The molecule has 8 heteroatoms. The molecule has 0 N–H and O–H groups in total. The third-order valence-electron chi connectivity index (χ3n) is 7.91. The van der Waals surface area contributed by atoms with Crippen LogP contribution in [0.25, 0.3) is 0 Å². The van der Waals surface area contributed by atoms with Crippen LogP contribution in [-0.2, 0) is 14.3 Å². The Kier molecular flexibility index (Phi) is 7.96. The van der Waals surface area contributed by atoms with E-state index in [2.05, 4.69) is 15.9 Å². The number of aliphatic imine (C=N–C) groups is 1. The largest absolute Gasteiger partial charge is 0.493 e. The Morgan fingerprint density at radius 2 is 1.68 bits per heavy atom. The van der Waals surface area contributed by atoms with Crippen molar-refractivity contribution in [2.24, 2.45) is 10.9 Å². The van der Waals surface area contributed by atoms with Crippen molar-refractivity contribution >= 4 is 45.0 Å². The number of Topliss-reactive ketones (excluding diaryl/α,β-unsaturated/α-hetero) is 1. The lowest BCUT2D eigenvalue weighted by molar-refractivity contribution is -0.151. The minimum Gasteiger partial charge on any atom is -0.493 e. The van der Waals surface area contributed by atoms with Gasteiger partial charge in [0.05, 0.1) is 14.2 Å². The van der Waals surface area contributed by atoms with Crippen LogP contribution in [0.4, 0.5) is 0 Å². The minimum absolute atomic E-state index is 0.00667. The zero-order valence-electron chi connectivity index (χ0n) is 21.8. The highest BCUT2D eigenvalue weighted by molar-refractivity contribution is 9.10. The molecule has 1 fully saturated rings. The molecule has 2 aromatic rings. The van der Waals surface area contributed by atoms with Gasteiger partial charge in [-0.15, -0.1) is 0 Å². The lowest BCUT2D eigenvalue weighted by atomic mass is 9.69. The highest BCUT2D eigenvalue weighted by Crippen LogP contribution is 2.50. The number of halogens is 2. The molecule has 0 amide bonds. The molecular weight excluding hydrogens is 570 g/mol. The number of hydrogen-bond donors (Lipinski definition) is 0. The minimum atomic E-state index is -0.709. The van der Waals surface area contributed by atoms with Crippen LogP contribution in [0, 0.1) is 5.92 Å². The van der Waals surface area contributed by atoms with Crippen LogP contribution in [-0.4, -0.2) is 37.8 Å². The molecule has 3 aliphatic rings. The summed E-state index contributed by atoms with van der Waals surface area (Å²) in [5.41, 5.74) is 3.80. The predicted octanol–water partition coefficient (Wildman–Crippen LogP) is 7.18. The van der Waals surface area contributed by atoms with Crippen LogP contribution in [0.3, 0.4) is 0 Å². The van der Waals surface area contributed by atoms with E-state index < -0.39 is 11.8 Å². The third-order valence-corrected chi connectivity index (χ3v) is 8.85. The van der Waals surface area contributed by atoms with Crippen molar-refractivity contribution < 1.29 is 23.8 Å². The maximum absolute atomic E-state index is 13.9. The smallest absolute Gasteiger partial charge is 0.315 e. The summed E-state index contributed by atoms with van der Waals surface area (Å²) < 4.78 is 17.8. The zero-order valence-corrected chi connectivity index (χ0v) is 24.1. The molecule has 0 bridgehead atoms. The molecule has 2 aliphatic carbocycles. The summed E-state index contributed by atoms with van der Waals surface area (Å²) in [6.45, 7) is 1.86. The fraction of sp³-hybridized carbons (Fsp3) is 0.433. The first-order chi connectivity index (χ1) is 18.3. The first-order valence-corrected chi connectivity index (χ1v) is 14.2. The highest BCUT2D eigenvalue weighted by Gasteiger charge is 2.46. The summed E-state index contributed by atoms with van der Waals surface area (Å²) in [6, 6.07) is 11.3. The van der Waals surface area contributed by atoms with Gasteiger partial charge in [-0.1, -0.05) is 39.7 Å². The Bertz CT molecular complexity index is 1310. The number of carbonyl (C=O) groups is 2. The van der Waals surface area contributed by atoms with Gasteiger partial charge in [0.15, 0.2) is 17.3 Å². The Morgan fingerprint density at radius 3 is 2.34 bits per heavy atom. The topological polar surface area (TPSA) is 74.2 Å². The molecule has 3 atom stereocenters. The van der Waals surface area contributed by atoms with Crippen LogP contribution in [0.5, 0.6) is 11.5 Å². The number of benzene rings is 2. The number of carbonyl (C=O) groups excluding carboxylic acids is 2. The number of nitrogens with zero attached hydrogens (tertiary/aromatic N) is 1. The lowest BCUT2D eigenvalue weighted by Crippen LogP contribution is -2.39. The fourth-order valence-electron chi connectivity index (χ4n) is 6.02. The van der Waals surface area contributed by atoms with E-state index in [9.17, 15) is 9.59 Å². The van der Waals surface area contributed by atoms with Crippen LogP contribution < -0.4 is 9.47 Å². The molecule has 1 aliphatic heterocycles. The van der Waals surface area contributed by atoms with Gasteiger partial charge in [-0.25, -0.2) is 0 Å². The zero-order chi connectivity index (χ0) is 27.0. The maximum Gasteiger partial charge on any atom is 0.315 e. The van der Waals surface area contributed by atoms with Crippen molar-refractivity contribution in [3.8, 4) is 11.5 Å². The van der Waals surface area contributed by atoms with Gasteiger partial charge in [-0.2, -0.15) is 0 Å². The van der Waals surface area contributed by atoms with Gasteiger partial charge in [-0.3, -0.25) is 14.6 Å². The average molecular weight is 601 g/mol. The Labute approximate surface area is 236 Å². The number of ketones is 1. The van der Waals surface area contributed by atoms with Crippen LogP contribution in [0.1, 0.15) is 68.4 Å². The number of allylic oxidation sites excluding steroid dienone is 2. The van der Waals surface area contributed by atoms with Gasteiger partial charge in [0.25, 0.3) is 0 Å². The van der Waals surface area contributed by atoms with E-state index in [1.807, 2.05) is 43.3 Å². The van der Waals surface area contributed by atoms with Crippen LogP contribution >= 0.6 is 27.5 Å². The molecule has 6 nitrogen and oxygen atoms in total. The van der Waals surface area contributed by atoms with Gasteiger partial charge >= 0.3 is 5.97 Å². The second-order valence-electron chi connectivity index (χ2n) is 10.2. The van der Waals surface area contributed by atoms with E-state index in [-0.39, 0.29) is 23.8 Å². The molecule has 0 aromatic heterocycles. The summed E-state index contributed by atoms with van der Waals surface area (Å²) in [5.74, 6) is -0.521. The summed E-state index contributed by atoms with van der Waals surface area (Å²) in [6.07, 6.45) is 4.70. The molecule has 1 saturated carbocycles. The number of methoxy groups -OCH3 is 2. The van der Waals surface area contributed by atoms with E-state index in [0.29, 0.717) is 40.6 Å². The first-order valence-electron chi connectivity index (χ1n) is 13.0. The quantitative estimate of drug-likeness (QED) is 0.328. The van der Waals surface area contributed by atoms with Crippen molar-refractivity contribution in [3.63, 3.8) is 0 Å². The summed E-state index contributed by atoms with van der Waals surface area (Å²) in [4.78, 5) is 32.5. The number of esters is 1. The Hall–Kier alpha value is -2.64. The third kappa shape index (κ3) is 5.15. The van der Waals surface area contributed by atoms with E-state index >= 15 is 0 Å². The van der Waals surface area contributed by atoms with Crippen molar-refractivity contribution in [3.05, 3.63) is 68.3 Å². The molecule has 0 spiro atoms. The molecule has 2 aromatic carbocycles. The molecule has 1 heterocycles. The predicted molar refractivity (Wildman–Crippen MR) is 150 cm³/mol. The van der Waals surface area contributed by atoms with Crippen LogP contribution in [0.15, 0.2) is 57.1 Å². The van der Waals surface area contributed by atoms with Crippen molar-refractivity contribution in [1.29, 1.82) is 0 Å². The summed E-state index contributed by atoms with van der Waals surface area (Å²) in [5, 5.41) is 0.657. The van der Waals surface area contributed by atoms with Gasteiger partial charge in [0, 0.05) is 38.8 Å². The highest BCUT2D eigenvalue weighted by atomic mass is 79.9. The number of ether oxygens (including phenoxy) is 3. The molecular formula is C30H31BrClNO5. The summed E-state index contributed by atoms with van der Waals surface area (Å²) in [7, 11) is 3.15. The van der Waals surface area contributed by atoms with Crippen LogP contribution in [0.2, 0.25) is 5.02 Å². The first kappa shape index (κ1) is 26.9. The van der Waals surface area contributed by atoms with Crippen molar-refractivity contribution in [2.45, 2.75) is 63.4 Å². The van der Waals surface area contributed by atoms with E-state index in [0.717, 1.165) is 47.0 Å². The van der Waals surface area contributed by atoms with E-state index in [1.54, 1.807) is 14.2 Å². The molecule has 0 radical (unpaired) electrons. The van der Waals surface area contributed by atoms with Gasteiger partial charge in [0.2, 0.25) is 0 Å². The standard InChI is InChI=1S/C30H31BrClNO5/c1-16-27(30(35)38-20-6-4-5-7-20)28(21-14-25(36-2)26(37-3)15-22(21)31)29-23(33-16)12-18(13-24(29)34)17-8-10-19(32)11-9-17/h8-11,14-15,18,20,27-28H,4-7,12-13H2,1-3H3/t18-,27?,28+/m1/s1. The Morgan fingerprint density at radius 1 is 1.03 bits per heavy atom. The van der Waals surface area contributed by atoms with Crippen molar-refractivity contribution in [1.82, 2.24) is 0 Å². The van der Waals surface area contributed by atoms with Gasteiger partial charge in [-0.05, 0) is 80.3 Å². The van der Waals surface area contributed by atoms with Crippen molar-refractivity contribution in [2.75, 3.05) is 14.2 Å². The monoisotopic (exact) mass is 599 g/mol. The molecule has 38 heavy (non-hydrogen) atoms. The van der Waals surface area contributed by atoms with Gasteiger partial charge < -0.3 is 14.2 Å². The van der Waals surface area contributed by atoms with E-state index in [4.69, 9.17) is 30.8 Å². The Balaban J connectivity index is 1.60. The second-order valence-corrected chi connectivity index (χ2v) is 11.5. The molecule has 0 saturated heterocycles.